The van der Waals surface area contributed by atoms with Gasteiger partial charge in [-0.15, -0.1) is 0 Å². The molecule has 1 aromatic carbocycles. The van der Waals surface area contributed by atoms with E-state index in [9.17, 15) is 29.1 Å². The number of aliphatic carboxylic acids is 2. The lowest BCUT2D eigenvalue weighted by Gasteiger charge is -2.26. The summed E-state index contributed by atoms with van der Waals surface area (Å²) in [6.45, 7) is 2.51. The van der Waals surface area contributed by atoms with Crippen LogP contribution < -0.4 is 21.7 Å². The molecule has 12 nitrogen and oxygen atoms in total. The van der Waals surface area contributed by atoms with Gasteiger partial charge in [-0.2, -0.15) is 0 Å². The minimum absolute atomic E-state index is 0.0172. The van der Waals surface area contributed by atoms with Crippen molar-refractivity contribution in [3.63, 3.8) is 0 Å². The van der Waals surface area contributed by atoms with Crippen molar-refractivity contribution in [1.29, 1.82) is 0 Å². The molecule has 1 rings (SSSR count). The summed E-state index contributed by atoms with van der Waals surface area (Å²) in [7, 11) is 0. The zero-order valence-corrected chi connectivity index (χ0v) is 18.4. The molecule has 0 saturated heterocycles. The van der Waals surface area contributed by atoms with E-state index in [1.807, 2.05) is 0 Å². The Morgan fingerprint density at radius 2 is 1.52 bits per heavy atom. The summed E-state index contributed by atoms with van der Waals surface area (Å²) >= 11 is 0. The first-order chi connectivity index (χ1) is 15.4. The maximum absolute atomic E-state index is 12.8. The number of carboxylic acid groups (broad SMARTS) is 2. The number of amides is 3. The van der Waals surface area contributed by atoms with Crippen LogP contribution >= 0.6 is 0 Å². The number of benzene rings is 1. The lowest BCUT2D eigenvalue weighted by molar-refractivity contribution is -0.142. The summed E-state index contributed by atoms with van der Waals surface area (Å²) < 4.78 is 0. The van der Waals surface area contributed by atoms with Crippen LogP contribution in [0, 0.1) is 0 Å². The van der Waals surface area contributed by atoms with Gasteiger partial charge in [-0.25, -0.2) is 0 Å². The van der Waals surface area contributed by atoms with Crippen molar-refractivity contribution in [3.05, 3.63) is 35.9 Å². The van der Waals surface area contributed by atoms with Crippen LogP contribution in [-0.2, 0) is 30.4 Å². The number of carbonyl (C=O) groups is 5. The lowest BCUT2D eigenvalue weighted by atomic mass is 10.0. The molecule has 0 aliphatic carbocycles. The van der Waals surface area contributed by atoms with E-state index in [1.54, 1.807) is 30.3 Å². The van der Waals surface area contributed by atoms with Crippen LogP contribution in [0.5, 0.6) is 0 Å². The molecule has 0 heterocycles. The Balaban J connectivity index is 2.97. The molecule has 0 aliphatic rings. The second kappa shape index (κ2) is 13.1. The molecule has 5 atom stereocenters. The number of hydrogen-bond donors (Lipinski definition) is 7. The molecule has 33 heavy (non-hydrogen) atoms. The van der Waals surface area contributed by atoms with E-state index < -0.39 is 59.9 Å². The number of hydrogen-bond acceptors (Lipinski definition) is 7. The molecule has 1 aromatic rings. The molecule has 0 radical (unpaired) electrons. The topological polar surface area (TPSA) is 208 Å². The first kappa shape index (κ1) is 27.5. The summed E-state index contributed by atoms with van der Waals surface area (Å²) in [5.74, 6) is -4.93. The average Bonchev–Trinajstić information content (AvgIpc) is 2.75. The molecule has 3 amide bonds. The molecule has 0 bridgehead atoms. The van der Waals surface area contributed by atoms with Crippen LogP contribution in [0.4, 0.5) is 0 Å². The number of rotatable bonds is 13. The van der Waals surface area contributed by atoms with Gasteiger partial charge in [-0.1, -0.05) is 30.3 Å². The van der Waals surface area contributed by atoms with Gasteiger partial charge in [0.05, 0.1) is 12.1 Å². The lowest BCUT2D eigenvalue weighted by Crippen LogP contribution is -2.60. The predicted molar refractivity (Wildman–Crippen MR) is 116 cm³/mol. The summed E-state index contributed by atoms with van der Waals surface area (Å²) in [4.78, 5) is 59.5. The van der Waals surface area contributed by atoms with Gasteiger partial charge in [-0.3, -0.25) is 24.0 Å². The van der Waals surface area contributed by atoms with E-state index >= 15 is 0 Å². The number of carbonyl (C=O) groups excluding carboxylic acids is 3. The fraction of sp³-hybridized carbons (Fsp3) is 0.476. The second-order valence-corrected chi connectivity index (χ2v) is 7.59. The summed E-state index contributed by atoms with van der Waals surface area (Å²) in [5.41, 5.74) is 6.32. The van der Waals surface area contributed by atoms with Crippen LogP contribution in [0.1, 0.15) is 32.3 Å². The van der Waals surface area contributed by atoms with Crippen molar-refractivity contribution < 1.29 is 39.3 Å². The minimum Gasteiger partial charge on any atom is -0.481 e. The van der Waals surface area contributed by atoms with Gasteiger partial charge in [0.2, 0.25) is 17.7 Å². The third-order valence-corrected chi connectivity index (χ3v) is 4.71. The monoisotopic (exact) mass is 466 g/mol. The van der Waals surface area contributed by atoms with Crippen molar-refractivity contribution in [3.8, 4) is 0 Å². The van der Waals surface area contributed by atoms with Crippen LogP contribution in [0.2, 0.25) is 0 Å². The molecule has 0 aromatic heterocycles. The van der Waals surface area contributed by atoms with Crippen LogP contribution in [0.15, 0.2) is 30.3 Å². The van der Waals surface area contributed by atoms with E-state index in [0.29, 0.717) is 5.56 Å². The van der Waals surface area contributed by atoms with Crippen molar-refractivity contribution in [2.75, 3.05) is 0 Å². The van der Waals surface area contributed by atoms with Crippen LogP contribution in [0.25, 0.3) is 0 Å². The van der Waals surface area contributed by atoms with Crippen LogP contribution in [0.3, 0.4) is 0 Å². The van der Waals surface area contributed by atoms with Gasteiger partial charge >= 0.3 is 11.9 Å². The highest BCUT2D eigenvalue weighted by Crippen LogP contribution is 2.06. The van der Waals surface area contributed by atoms with E-state index in [2.05, 4.69) is 16.0 Å². The number of nitrogens with one attached hydrogen (secondary N) is 3. The van der Waals surface area contributed by atoms with E-state index in [4.69, 9.17) is 15.9 Å². The fourth-order valence-electron chi connectivity index (χ4n) is 2.77. The highest BCUT2D eigenvalue weighted by Gasteiger charge is 2.32. The number of nitrogens with two attached hydrogens (primary N) is 1. The Morgan fingerprint density at radius 1 is 0.909 bits per heavy atom. The highest BCUT2D eigenvalue weighted by molar-refractivity contribution is 5.94. The molecule has 12 heteroatoms. The third kappa shape index (κ3) is 9.66. The van der Waals surface area contributed by atoms with Crippen LogP contribution in [-0.4, -0.2) is 75.3 Å². The van der Waals surface area contributed by atoms with Crippen molar-refractivity contribution in [2.45, 2.75) is 63.4 Å². The molecule has 5 unspecified atom stereocenters. The van der Waals surface area contributed by atoms with E-state index in [0.717, 1.165) is 0 Å². The first-order valence-electron chi connectivity index (χ1n) is 10.3. The standard InChI is InChI=1S/C21H30N4O8/c1-11(21(32)33)23-19(30)15(10-13-6-4-3-5-7-13)24-20(31)17(12(2)26)25-18(29)14(22)8-9-16(27)28/h3-7,11-12,14-15,17,26H,8-10,22H2,1-2H3,(H,23,30)(H,24,31)(H,25,29)(H,27,28)(H,32,33). The Kier molecular flexibility index (Phi) is 11.0. The molecule has 0 aliphatic heterocycles. The molecule has 8 N–H and O–H groups in total. The second-order valence-electron chi connectivity index (χ2n) is 7.59. The molecule has 0 fully saturated rings. The van der Waals surface area contributed by atoms with Gasteiger partial charge in [0, 0.05) is 12.8 Å². The van der Waals surface area contributed by atoms with E-state index in [-0.39, 0.29) is 19.3 Å². The molecular weight excluding hydrogens is 436 g/mol. The Bertz CT molecular complexity index is 846. The zero-order valence-electron chi connectivity index (χ0n) is 18.4. The fourth-order valence-corrected chi connectivity index (χ4v) is 2.77. The zero-order chi connectivity index (χ0) is 25.1. The predicted octanol–water partition coefficient (Wildman–Crippen LogP) is -1.64. The molecule has 0 saturated carbocycles. The average molecular weight is 466 g/mol. The van der Waals surface area contributed by atoms with Crippen molar-refractivity contribution in [1.82, 2.24) is 16.0 Å². The Labute approximate surface area is 190 Å². The minimum atomic E-state index is -1.49. The SMILES string of the molecule is CC(NC(=O)C(Cc1ccccc1)NC(=O)C(NC(=O)C(N)CCC(=O)O)C(C)O)C(=O)O. The highest BCUT2D eigenvalue weighted by atomic mass is 16.4. The molecular formula is C21H30N4O8. The smallest absolute Gasteiger partial charge is 0.325 e. The summed E-state index contributed by atoms with van der Waals surface area (Å²) in [6, 6.07) is 3.49. The number of aliphatic hydroxyl groups is 1. The van der Waals surface area contributed by atoms with Gasteiger partial charge < -0.3 is 37.0 Å². The number of carboxylic acids is 2. The maximum atomic E-state index is 12.8. The van der Waals surface area contributed by atoms with Gasteiger partial charge in [0.25, 0.3) is 0 Å². The normalized spacial score (nSPS) is 15.3. The summed E-state index contributed by atoms with van der Waals surface area (Å²) in [5, 5.41) is 34.7. The maximum Gasteiger partial charge on any atom is 0.325 e. The Morgan fingerprint density at radius 3 is 2.03 bits per heavy atom. The van der Waals surface area contributed by atoms with E-state index in [1.165, 1.54) is 13.8 Å². The molecule has 182 valence electrons. The summed E-state index contributed by atoms with van der Waals surface area (Å²) in [6.07, 6.45) is -1.90. The van der Waals surface area contributed by atoms with Gasteiger partial charge in [-0.05, 0) is 25.8 Å². The Hall–Kier alpha value is -3.51. The quantitative estimate of drug-likeness (QED) is 0.178. The van der Waals surface area contributed by atoms with Gasteiger partial charge in [0.1, 0.15) is 18.1 Å². The van der Waals surface area contributed by atoms with Crippen molar-refractivity contribution in [2.24, 2.45) is 5.73 Å². The number of aliphatic hydroxyl groups excluding tert-OH is 1. The first-order valence-corrected chi connectivity index (χ1v) is 10.3. The molecule has 0 spiro atoms. The van der Waals surface area contributed by atoms with Gasteiger partial charge in [0.15, 0.2) is 0 Å². The largest absolute Gasteiger partial charge is 0.481 e. The van der Waals surface area contributed by atoms with Crippen molar-refractivity contribution >= 4 is 29.7 Å². The third-order valence-electron chi connectivity index (χ3n) is 4.71.